The van der Waals surface area contributed by atoms with Crippen molar-refractivity contribution in [3.63, 3.8) is 0 Å². The van der Waals surface area contributed by atoms with Gasteiger partial charge < -0.3 is 4.74 Å². The lowest BCUT2D eigenvalue weighted by Crippen LogP contribution is -2.00. The first-order chi connectivity index (χ1) is 9.10. The molecule has 5 heteroatoms. The molecule has 2 rings (SSSR count). The molecule has 100 valence electrons. The van der Waals surface area contributed by atoms with Crippen molar-refractivity contribution >= 4 is 34.8 Å². The molecule has 0 atom stereocenters. The first kappa shape index (κ1) is 14.4. The van der Waals surface area contributed by atoms with Crippen LogP contribution in [0.4, 0.5) is 4.39 Å². The van der Waals surface area contributed by atoms with Crippen molar-refractivity contribution in [1.82, 2.24) is 0 Å². The number of hydrogen-bond acceptors (Lipinski definition) is 1. The Kier molecular flexibility index (Phi) is 4.92. The van der Waals surface area contributed by atoms with Crippen LogP contribution < -0.4 is 4.74 Å². The number of rotatable bonds is 4. The molecule has 0 aliphatic rings. The van der Waals surface area contributed by atoms with Gasteiger partial charge in [-0.25, -0.2) is 4.39 Å². The Labute approximate surface area is 125 Å². The maximum Gasteiger partial charge on any atom is 0.131 e. The van der Waals surface area contributed by atoms with E-state index in [1.807, 2.05) is 0 Å². The number of benzene rings is 2. The van der Waals surface area contributed by atoms with Gasteiger partial charge in [0.1, 0.15) is 18.2 Å². The highest BCUT2D eigenvalue weighted by Gasteiger charge is 2.07. The van der Waals surface area contributed by atoms with Gasteiger partial charge in [-0.1, -0.05) is 29.3 Å². The predicted molar refractivity (Wildman–Crippen MR) is 76.8 cm³/mol. The zero-order valence-electron chi connectivity index (χ0n) is 9.80. The number of hydrogen-bond donors (Lipinski definition) is 0. The summed E-state index contributed by atoms with van der Waals surface area (Å²) in [7, 11) is 0. The summed E-state index contributed by atoms with van der Waals surface area (Å²) in [5, 5.41) is 0.940. The normalized spacial score (nSPS) is 10.5. The van der Waals surface area contributed by atoms with E-state index in [1.54, 1.807) is 30.3 Å². The van der Waals surface area contributed by atoms with Crippen molar-refractivity contribution < 1.29 is 9.13 Å². The summed E-state index contributed by atoms with van der Waals surface area (Å²) in [6.07, 6.45) is 0. The lowest BCUT2D eigenvalue weighted by atomic mass is 10.2. The molecular weight excluding hydrogens is 310 g/mol. The molecule has 1 nitrogen and oxygen atoms in total. The second-order valence-corrected chi connectivity index (χ2v) is 5.05. The van der Waals surface area contributed by atoms with Crippen molar-refractivity contribution in [3.05, 3.63) is 63.4 Å². The van der Waals surface area contributed by atoms with E-state index < -0.39 is 5.82 Å². The van der Waals surface area contributed by atoms with Gasteiger partial charge in [0, 0.05) is 21.2 Å². The van der Waals surface area contributed by atoms with Crippen LogP contribution in [-0.4, -0.2) is 0 Å². The molecule has 0 saturated carbocycles. The van der Waals surface area contributed by atoms with Crippen LogP contribution in [0.15, 0.2) is 36.4 Å². The largest absolute Gasteiger partial charge is 0.488 e. The summed E-state index contributed by atoms with van der Waals surface area (Å²) in [6.45, 7) is 0.106. The van der Waals surface area contributed by atoms with Crippen molar-refractivity contribution in [2.75, 3.05) is 0 Å². The molecule has 0 unspecified atom stereocenters. The minimum atomic E-state index is -0.395. The molecule has 2 aromatic carbocycles. The van der Waals surface area contributed by atoms with Crippen LogP contribution in [0.1, 0.15) is 11.1 Å². The summed E-state index contributed by atoms with van der Waals surface area (Å²) in [6, 6.07) is 9.60. The van der Waals surface area contributed by atoms with Crippen LogP contribution in [0.5, 0.6) is 5.75 Å². The van der Waals surface area contributed by atoms with Crippen LogP contribution in [0.3, 0.4) is 0 Å². The lowest BCUT2D eigenvalue weighted by Gasteiger charge is -2.11. The fraction of sp³-hybridized carbons (Fsp3) is 0.143. The third-order valence-electron chi connectivity index (χ3n) is 2.56. The second-order valence-electron chi connectivity index (χ2n) is 3.91. The number of halogens is 4. The molecule has 0 spiro atoms. The summed E-state index contributed by atoms with van der Waals surface area (Å²) < 4.78 is 19.2. The van der Waals surface area contributed by atoms with Gasteiger partial charge >= 0.3 is 0 Å². The minimum Gasteiger partial charge on any atom is -0.488 e. The first-order valence-electron chi connectivity index (χ1n) is 5.51. The Hall–Kier alpha value is -0.960. The predicted octanol–water partition coefficient (Wildman–Crippen LogP) is 5.45. The van der Waals surface area contributed by atoms with E-state index >= 15 is 0 Å². The van der Waals surface area contributed by atoms with Gasteiger partial charge in [-0.2, -0.15) is 0 Å². The number of alkyl halides is 1. The average Bonchev–Trinajstić information content (AvgIpc) is 2.39. The summed E-state index contributed by atoms with van der Waals surface area (Å²) >= 11 is 17.4. The highest BCUT2D eigenvalue weighted by Crippen LogP contribution is 2.26. The standard InChI is InChI=1S/C14H10Cl3FO/c15-7-10-5-11(16)3-4-14(10)19-8-9-1-2-12(17)6-13(9)18/h1-6H,7-8H2. The summed E-state index contributed by atoms with van der Waals surface area (Å²) in [5.41, 5.74) is 1.20. The first-order valence-corrected chi connectivity index (χ1v) is 6.80. The maximum absolute atomic E-state index is 13.6. The molecule has 0 amide bonds. The Morgan fingerprint density at radius 2 is 1.63 bits per heavy atom. The van der Waals surface area contributed by atoms with Gasteiger partial charge in [-0.3, -0.25) is 0 Å². The van der Waals surface area contributed by atoms with Crippen LogP contribution in [0.2, 0.25) is 10.0 Å². The topological polar surface area (TPSA) is 9.23 Å². The second kappa shape index (κ2) is 6.47. The van der Waals surface area contributed by atoms with Crippen molar-refractivity contribution in [1.29, 1.82) is 0 Å². The van der Waals surface area contributed by atoms with E-state index in [0.717, 1.165) is 5.56 Å². The molecular formula is C14H10Cl3FO. The Morgan fingerprint density at radius 3 is 2.32 bits per heavy atom. The Balaban J connectivity index is 2.14. The van der Waals surface area contributed by atoms with Gasteiger partial charge in [0.05, 0.1) is 5.88 Å². The van der Waals surface area contributed by atoms with E-state index in [4.69, 9.17) is 39.5 Å². The molecule has 0 radical (unpaired) electrons. The van der Waals surface area contributed by atoms with E-state index in [2.05, 4.69) is 0 Å². The molecule has 0 N–H and O–H groups in total. The summed E-state index contributed by atoms with van der Waals surface area (Å²) in [5.74, 6) is 0.474. The van der Waals surface area contributed by atoms with Gasteiger partial charge in [0.25, 0.3) is 0 Å². The highest BCUT2D eigenvalue weighted by atomic mass is 35.5. The SMILES string of the molecule is Fc1cc(Cl)ccc1COc1ccc(Cl)cc1CCl. The zero-order valence-corrected chi connectivity index (χ0v) is 12.1. The fourth-order valence-corrected chi connectivity index (χ4v) is 2.15. The van der Waals surface area contributed by atoms with Gasteiger partial charge in [0.2, 0.25) is 0 Å². The van der Waals surface area contributed by atoms with Crippen molar-refractivity contribution in [2.45, 2.75) is 12.5 Å². The van der Waals surface area contributed by atoms with Gasteiger partial charge in [-0.15, -0.1) is 11.6 Å². The third-order valence-corrected chi connectivity index (χ3v) is 3.32. The third kappa shape index (κ3) is 3.75. The fourth-order valence-electron chi connectivity index (χ4n) is 1.59. The molecule has 0 aliphatic carbocycles. The van der Waals surface area contributed by atoms with Crippen LogP contribution in [0, 0.1) is 5.82 Å². The maximum atomic E-state index is 13.6. The van der Waals surface area contributed by atoms with E-state index in [1.165, 1.54) is 6.07 Å². The zero-order chi connectivity index (χ0) is 13.8. The summed E-state index contributed by atoms with van der Waals surface area (Å²) in [4.78, 5) is 0. The van der Waals surface area contributed by atoms with Crippen LogP contribution >= 0.6 is 34.8 Å². The molecule has 19 heavy (non-hydrogen) atoms. The van der Waals surface area contributed by atoms with Crippen LogP contribution in [0.25, 0.3) is 0 Å². The molecule has 0 aromatic heterocycles. The van der Waals surface area contributed by atoms with Crippen molar-refractivity contribution in [3.8, 4) is 5.75 Å². The van der Waals surface area contributed by atoms with Crippen LogP contribution in [-0.2, 0) is 12.5 Å². The molecule has 0 heterocycles. The lowest BCUT2D eigenvalue weighted by molar-refractivity contribution is 0.297. The molecule has 0 saturated heterocycles. The monoisotopic (exact) mass is 318 g/mol. The highest BCUT2D eigenvalue weighted by molar-refractivity contribution is 6.31. The average molecular weight is 320 g/mol. The molecule has 0 bridgehead atoms. The van der Waals surface area contributed by atoms with E-state index in [9.17, 15) is 4.39 Å². The molecule has 2 aromatic rings. The molecule has 0 aliphatic heterocycles. The number of ether oxygens (including phenoxy) is 1. The Morgan fingerprint density at radius 1 is 0.947 bits per heavy atom. The van der Waals surface area contributed by atoms with E-state index in [-0.39, 0.29) is 12.5 Å². The smallest absolute Gasteiger partial charge is 0.131 e. The molecule has 0 fully saturated rings. The van der Waals surface area contributed by atoms with Gasteiger partial charge in [-0.05, 0) is 30.3 Å². The Bertz CT molecular complexity index is 587. The van der Waals surface area contributed by atoms with Gasteiger partial charge in [0.15, 0.2) is 0 Å². The quantitative estimate of drug-likeness (QED) is 0.681. The van der Waals surface area contributed by atoms with E-state index in [0.29, 0.717) is 21.4 Å². The minimum absolute atomic E-state index is 0.106. The van der Waals surface area contributed by atoms with Crippen molar-refractivity contribution in [2.24, 2.45) is 0 Å².